The van der Waals surface area contributed by atoms with Crippen LogP contribution in [0.3, 0.4) is 0 Å². The molecule has 0 spiro atoms. The highest BCUT2D eigenvalue weighted by molar-refractivity contribution is 5.24. The van der Waals surface area contributed by atoms with Gasteiger partial charge in [0.15, 0.2) is 0 Å². The molecule has 3 saturated carbocycles. The monoisotopic (exact) mass is 168 g/mol. The largest absolute Gasteiger partial charge is 0.390 e. The van der Waals surface area contributed by atoms with Crippen LogP contribution >= 0.6 is 0 Å². The molecule has 5 atom stereocenters. The van der Waals surface area contributed by atoms with Gasteiger partial charge in [-0.25, -0.2) is 0 Å². The molecule has 4 fully saturated rings. The van der Waals surface area contributed by atoms with Gasteiger partial charge >= 0.3 is 0 Å². The van der Waals surface area contributed by atoms with Crippen LogP contribution < -0.4 is 0 Å². The Morgan fingerprint density at radius 3 is 2.50 bits per heavy atom. The van der Waals surface area contributed by atoms with Crippen LogP contribution in [0.2, 0.25) is 0 Å². The predicted octanol–water partition coefficient (Wildman–Crippen LogP) is 1.18. The number of hydrogen-bond acceptors (Lipinski definition) is 2. The van der Waals surface area contributed by atoms with E-state index in [0.717, 1.165) is 0 Å². The lowest BCUT2D eigenvalue weighted by atomic mass is 9.45. The van der Waals surface area contributed by atoms with Gasteiger partial charge in [0.05, 0.1) is 11.7 Å². The van der Waals surface area contributed by atoms with E-state index in [1.165, 1.54) is 6.42 Å². The van der Waals surface area contributed by atoms with Crippen molar-refractivity contribution in [1.82, 2.24) is 0 Å². The van der Waals surface area contributed by atoms with Gasteiger partial charge in [-0.2, -0.15) is 0 Å². The number of rotatable bonds is 0. The van der Waals surface area contributed by atoms with Gasteiger partial charge < -0.3 is 9.84 Å². The van der Waals surface area contributed by atoms with E-state index in [1.807, 2.05) is 0 Å². The lowest BCUT2D eigenvalue weighted by Gasteiger charge is -2.59. The van der Waals surface area contributed by atoms with Crippen molar-refractivity contribution in [3.05, 3.63) is 0 Å². The van der Waals surface area contributed by atoms with Crippen LogP contribution in [-0.2, 0) is 4.74 Å². The summed E-state index contributed by atoms with van der Waals surface area (Å²) in [5.74, 6) is 1.17. The van der Waals surface area contributed by atoms with Crippen molar-refractivity contribution in [1.29, 1.82) is 0 Å². The number of epoxide rings is 1. The highest BCUT2D eigenvalue weighted by atomic mass is 16.6. The normalized spacial score (nSPS) is 65.0. The molecule has 0 aromatic carbocycles. The first kappa shape index (κ1) is 7.34. The summed E-state index contributed by atoms with van der Waals surface area (Å²) >= 11 is 0. The second-order valence-corrected chi connectivity index (χ2v) is 5.43. The maximum atomic E-state index is 9.90. The lowest BCUT2D eigenvalue weighted by molar-refractivity contribution is -0.139. The minimum absolute atomic E-state index is 0.0255. The van der Waals surface area contributed by atoms with Crippen molar-refractivity contribution in [2.75, 3.05) is 0 Å². The first-order valence-electron chi connectivity index (χ1n) is 4.84. The summed E-state index contributed by atoms with van der Waals surface area (Å²) in [5, 5.41) is 9.90. The van der Waals surface area contributed by atoms with Gasteiger partial charge in [-0.3, -0.25) is 0 Å². The summed E-state index contributed by atoms with van der Waals surface area (Å²) in [6.45, 7) is 6.68. The Bertz CT molecular complexity index is 243. The third-order valence-corrected chi connectivity index (χ3v) is 4.65. The molecule has 1 aliphatic heterocycles. The van der Waals surface area contributed by atoms with Gasteiger partial charge in [0.25, 0.3) is 0 Å². The van der Waals surface area contributed by atoms with E-state index in [0.29, 0.717) is 17.3 Å². The Morgan fingerprint density at radius 2 is 2.00 bits per heavy atom. The SMILES string of the molecule is CC1(C)C2CC1[C@@]1(C)OC1C2O. The zero-order valence-corrected chi connectivity index (χ0v) is 7.87. The van der Waals surface area contributed by atoms with Gasteiger partial charge in [0.1, 0.15) is 6.10 Å². The van der Waals surface area contributed by atoms with E-state index in [-0.39, 0.29) is 17.8 Å². The molecule has 1 heterocycles. The highest BCUT2D eigenvalue weighted by Gasteiger charge is 2.76. The molecule has 2 bridgehead atoms. The van der Waals surface area contributed by atoms with E-state index in [1.54, 1.807) is 0 Å². The van der Waals surface area contributed by atoms with Crippen LogP contribution in [0.25, 0.3) is 0 Å². The summed E-state index contributed by atoms with van der Waals surface area (Å²) < 4.78 is 5.62. The Balaban J connectivity index is 2.01. The van der Waals surface area contributed by atoms with Crippen LogP contribution in [0.4, 0.5) is 0 Å². The zero-order chi connectivity index (χ0) is 8.72. The van der Waals surface area contributed by atoms with Crippen molar-refractivity contribution in [2.45, 2.75) is 45.0 Å². The molecule has 68 valence electrons. The predicted molar refractivity (Wildman–Crippen MR) is 44.7 cm³/mol. The fourth-order valence-corrected chi connectivity index (χ4v) is 3.65. The smallest absolute Gasteiger partial charge is 0.113 e. The second-order valence-electron chi connectivity index (χ2n) is 5.43. The highest BCUT2D eigenvalue weighted by Crippen LogP contribution is 2.70. The number of aliphatic hydroxyl groups excluding tert-OH is 1. The summed E-state index contributed by atoms with van der Waals surface area (Å²) in [6, 6.07) is 0. The van der Waals surface area contributed by atoms with E-state index < -0.39 is 0 Å². The molecule has 12 heavy (non-hydrogen) atoms. The Labute approximate surface area is 72.9 Å². The second kappa shape index (κ2) is 1.60. The zero-order valence-electron chi connectivity index (χ0n) is 7.87. The van der Waals surface area contributed by atoms with Crippen molar-refractivity contribution in [3.63, 3.8) is 0 Å². The first-order chi connectivity index (χ1) is 5.48. The molecule has 2 heteroatoms. The van der Waals surface area contributed by atoms with Gasteiger partial charge in [-0.05, 0) is 30.6 Å². The topological polar surface area (TPSA) is 32.8 Å². The van der Waals surface area contributed by atoms with Gasteiger partial charge in [0.2, 0.25) is 0 Å². The molecule has 4 unspecified atom stereocenters. The number of hydrogen-bond donors (Lipinski definition) is 1. The molecule has 4 aliphatic rings. The first-order valence-corrected chi connectivity index (χ1v) is 4.84. The lowest BCUT2D eigenvalue weighted by Crippen LogP contribution is -2.62. The van der Waals surface area contributed by atoms with Crippen molar-refractivity contribution < 1.29 is 9.84 Å². The van der Waals surface area contributed by atoms with E-state index in [9.17, 15) is 5.11 Å². The average Bonchev–Trinajstić information content (AvgIpc) is 2.61. The molecule has 0 radical (unpaired) electrons. The third kappa shape index (κ3) is 0.521. The van der Waals surface area contributed by atoms with Crippen LogP contribution in [0.1, 0.15) is 27.2 Å². The maximum absolute atomic E-state index is 9.90. The Morgan fingerprint density at radius 1 is 1.33 bits per heavy atom. The van der Waals surface area contributed by atoms with Crippen LogP contribution in [-0.4, -0.2) is 22.9 Å². The van der Waals surface area contributed by atoms with E-state index >= 15 is 0 Å². The van der Waals surface area contributed by atoms with Crippen molar-refractivity contribution in [3.8, 4) is 0 Å². The van der Waals surface area contributed by atoms with Crippen molar-refractivity contribution >= 4 is 0 Å². The van der Waals surface area contributed by atoms with E-state index in [2.05, 4.69) is 20.8 Å². The fourth-order valence-electron chi connectivity index (χ4n) is 3.65. The van der Waals surface area contributed by atoms with Crippen molar-refractivity contribution in [2.24, 2.45) is 17.3 Å². The third-order valence-electron chi connectivity index (χ3n) is 4.65. The summed E-state index contributed by atoms with van der Waals surface area (Å²) in [4.78, 5) is 0. The molecule has 1 N–H and O–H groups in total. The van der Waals surface area contributed by atoms with Gasteiger partial charge in [-0.15, -0.1) is 0 Å². The van der Waals surface area contributed by atoms with Crippen LogP contribution in [0.5, 0.6) is 0 Å². The average molecular weight is 168 g/mol. The quantitative estimate of drug-likeness (QED) is 0.551. The summed E-state index contributed by atoms with van der Waals surface area (Å²) in [7, 11) is 0. The standard InChI is InChI=1S/C10H16O2/c1-9(2)5-4-6(9)10(3)8(12-10)7(5)11/h5-8,11H,4H2,1-3H3/t5?,6?,7?,8?,10-/m1/s1. The molecule has 0 aromatic rings. The Kier molecular flexibility index (Phi) is 0.978. The molecule has 0 aromatic heterocycles. The molecule has 3 aliphatic carbocycles. The van der Waals surface area contributed by atoms with E-state index in [4.69, 9.17) is 4.74 Å². The van der Waals surface area contributed by atoms with Crippen LogP contribution in [0, 0.1) is 17.3 Å². The molecular weight excluding hydrogens is 152 g/mol. The molecule has 0 amide bonds. The van der Waals surface area contributed by atoms with Gasteiger partial charge in [-0.1, -0.05) is 13.8 Å². The van der Waals surface area contributed by atoms with Crippen LogP contribution in [0.15, 0.2) is 0 Å². The number of ether oxygens (including phenoxy) is 1. The molecule has 2 nitrogen and oxygen atoms in total. The molecule has 4 rings (SSSR count). The maximum Gasteiger partial charge on any atom is 0.113 e. The fraction of sp³-hybridized carbons (Fsp3) is 1.00. The minimum Gasteiger partial charge on any atom is -0.390 e. The summed E-state index contributed by atoms with van der Waals surface area (Å²) in [6.07, 6.45) is 1.13. The summed E-state index contributed by atoms with van der Waals surface area (Å²) in [5.41, 5.74) is 0.332. The minimum atomic E-state index is -0.199. The molecule has 1 saturated heterocycles. The van der Waals surface area contributed by atoms with Gasteiger partial charge in [0, 0.05) is 0 Å². The Hall–Kier alpha value is -0.0800. The molecular formula is C10H16O2. The number of aliphatic hydroxyl groups is 1.